The maximum Gasteiger partial charge on any atom is 0.0754 e. The Labute approximate surface area is 105 Å². The summed E-state index contributed by atoms with van der Waals surface area (Å²) in [6.45, 7) is 0. The summed E-state index contributed by atoms with van der Waals surface area (Å²) in [7, 11) is 6.69. The SMILES string of the molecule is [B]C12CCC1(C1(C3=CC45CC34C5)CCC1)CC2. The molecule has 0 spiro atoms. The van der Waals surface area contributed by atoms with Crippen molar-refractivity contribution in [2.45, 2.75) is 63.1 Å². The maximum absolute atomic E-state index is 6.69. The molecule has 0 heterocycles. The normalized spacial score (nSPS) is 66.7. The van der Waals surface area contributed by atoms with Crippen LogP contribution in [0.5, 0.6) is 0 Å². The Morgan fingerprint density at radius 1 is 0.882 bits per heavy atom. The third-order valence-corrected chi connectivity index (χ3v) is 8.46. The van der Waals surface area contributed by atoms with Crippen molar-refractivity contribution in [2.24, 2.45) is 21.7 Å². The molecule has 5 saturated carbocycles. The van der Waals surface area contributed by atoms with Crippen LogP contribution in [0, 0.1) is 21.7 Å². The summed E-state index contributed by atoms with van der Waals surface area (Å²) in [5.41, 5.74) is 4.70. The Hall–Kier alpha value is -0.195. The van der Waals surface area contributed by atoms with E-state index in [2.05, 4.69) is 6.08 Å². The fourth-order valence-corrected chi connectivity index (χ4v) is 6.81. The van der Waals surface area contributed by atoms with Crippen LogP contribution in [0.4, 0.5) is 0 Å². The molecule has 0 amide bonds. The van der Waals surface area contributed by atoms with E-state index in [-0.39, 0.29) is 5.31 Å². The lowest BCUT2D eigenvalue weighted by molar-refractivity contribution is -0.181. The van der Waals surface area contributed by atoms with Crippen LogP contribution in [-0.4, -0.2) is 7.85 Å². The summed E-state index contributed by atoms with van der Waals surface area (Å²) >= 11 is 0. The molecule has 0 atom stereocenters. The van der Waals surface area contributed by atoms with Gasteiger partial charge in [0, 0.05) is 5.41 Å². The van der Waals surface area contributed by atoms with E-state index in [0.29, 0.717) is 10.8 Å². The summed E-state index contributed by atoms with van der Waals surface area (Å²) in [5, 5.41) is 0.271. The van der Waals surface area contributed by atoms with Crippen LogP contribution in [0.25, 0.3) is 0 Å². The van der Waals surface area contributed by atoms with Gasteiger partial charge < -0.3 is 0 Å². The van der Waals surface area contributed by atoms with Crippen molar-refractivity contribution < 1.29 is 0 Å². The fraction of sp³-hybridized carbons (Fsp3) is 0.875. The lowest BCUT2D eigenvalue weighted by Crippen LogP contribution is -2.66. The molecule has 6 aliphatic carbocycles. The third-order valence-electron chi connectivity index (χ3n) is 8.46. The van der Waals surface area contributed by atoms with Gasteiger partial charge in [0.25, 0.3) is 0 Å². The highest BCUT2D eigenvalue weighted by Gasteiger charge is 2.92. The van der Waals surface area contributed by atoms with Crippen LogP contribution in [0.2, 0.25) is 5.31 Å². The molecule has 0 aromatic heterocycles. The molecule has 0 aromatic carbocycles. The van der Waals surface area contributed by atoms with Crippen LogP contribution < -0.4 is 0 Å². The first-order valence-electron chi connectivity index (χ1n) is 7.65. The molecular formula is C16H19B. The van der Waals surface area contributed by atoms with Gasteiger partial charge in [-0.05, 0) is 54.8 Å². The van der Waals surface area contributed by atoms with Crippen molar-refractivity contribution in [3.05, 3.63) is 11.6 Å². The number of fused-ring (bicyclic) bond motifs is 1. The second kappa shape index (κ2) is 1.89. The van der Waals surface area contributed by atoms with E-state index in [1.54, 1.807) is 0 Å². The average molecular weight is 222 g/mol. The summed E-state index contributed by atoms with van der Waals surface area (Å²) in [6.07, 6.45) is 15.8. The Balaban J connectivity index is 1.50. The molecule has 6 aliphatic rings. The largest absolute Gasteiger partial charge is 0.0770 e. The quantitative estimate of drug-likeness (QED) is 0.492. The van der Waals surface area contributed by atoms with Crippen molar-refractivity contribution >= 4 is 7.85 Å². The molecule has 0 saturated heterocycles. The molecule has 6 rings (SSSR count). The van der Waals surface area contributed by atoms with Crippen molar-refractivity contribution in [1.29, 1.82) is 0 Å². The minimum absolute atomic E-state index is 0.271. The molecule has 86 valence electrons. The van der Waals surface area contributed by atoms with E-state index in [0.717, 1.165) is 10.8 Å². The van der Waals surface area contributed by atoms with E-state index in [1.807, 2.05) is 5.57 Å². The monoisotopic (exact) mass is 222 g/mol. The molecule has 5 fully saturated rings. The van der Waals surface area contributed by atoms with Crippen LogP contribution >= 0.6 is 0 Å². The standard InChI is InChI=1S/C16H19B/c17-16-6-4-15(16,5-7-16)13(2-1-3-13)11-8-12-9-14(11,12)10-12/h8H,1-7,9-10H2. The van der Waals surface area contributed by atoms with E-state index in [9.17, 15) is 0 Å². The average Bonchev–Trinajstić information content (AvgIpc) is 2.90. The van der Waals surface area contributed by atoms with Crippen molar-refractivity contribution in [2.75, 3.05) is 0 Å². The van der Waals surface area contributed by atoms with Crippen LogP contribution in [-0.2, 0) is 0 Å². The van der Waals surface area contributed by atoms with E-state index >= 15 is 0 Å². The third kappa shape index (κ3) is 0.553. The minimum Gasteiger partial charge on any atom is -0.0770 e. The number of rotatable bonds is 2. The summed E-state index contributed by atoms with van der Waals surface area (Å²) in [5.74, 6) is 0. The minimum atomic E-state index is 0.271. The number of allylic oxidation sites excluding steroid dienone is 2. The first kappa shape index (κ1) is 8.83. The first-order valence-corrected chi connectivity index (χ1v) is 7.65. The van der Waals surface area contributed by atoms with Gasteiger partial charge >= 0.3 is 0 Å². The predicted octanol–water partition coefficient (Wildman–Crippen LogP) is 3.78. The summed E-state index contributed by atoms with van der Waals surface area (Å²) in [4.78, 5) is 0. The van der Waals surface area contributed by atoms with Gasteiger partial charge in [0.15, 0.2) is 0 Å². The lowest BCUT2D eigenvalue weighted by atomic mass is 9.22. The molecular weight excluding hydrogens is 203 g/mol. The molecule has 1 heteroatoms. The second-order valence-corrected chi connectivity index (χ2v) is 8.32. The number of hydrogen-bond donors (Lipinski definition) is 0. The predicted molar refractivity (Wildman–Crippen MR) is 67.8 cm³/mol. The molecule has 17 heavy (non-hydrogen) atoms. The van der Waals surface area contributed by atoms with Crippen molar-refractivity contribution in [3.63, 3.8) is 0 Å². The van der Waals surface area contributed by atoms with Gasteiger partial charge in [-0.15, -0.1) is 0 Å². The van der Waals surface area contributed by atoms with Crippen LogP contribution in [0.15, 0.2) is 11.6 Å². The highest BCUT2D eigenvalue weighted by atomic mass is 14.9. The summed E-state index contributed by atoms with van der Waals surface area (Å²) < 4.78 is 0. The lowest BCUT2D eigenvalue weighted by Gasteiger charge is -2.78. The zero-order valence-corrected chi connectivity index (χ0v) is 10.5. The molecule has 0 aromatic rings. The van der Waals surface area contributed by atoms with Crippen molar-refractivity contribution in [1.82, 2.24) is 0 Å². The van der Waals surface area contributed by atoms with Gasteiger partial charge in [0.05, 0.1) is 7.85 Å². The fourth-order valence-electron chi connectivity index (χ4n) is 6.81. The van der Waals surface area contributed by atoms with Gasteiger partial charge in [-0.25, -0.2) is 0 Å². The number of hydrogen-bond acceptors (Lipinski definition) is 0. The molecule has 0 aliphatic heterocycles. The second-order valence-electron chi connectivity index (χ2n) is 8.32. The first-order chi connectivity index (χ1) is 8.12. The van der Waals surface area contributed by atoms with Crippen molar-refractivity contribution in [3.8, 4) is 0 Å². The summed E-state index contributed by atoms with van der Waals surface area (Å²) in [6, 6.07) is 0. The van der Waals surface area contributed by atoms with Crippen LogP contribution in [0.1, 0.15) is 57.8 Å². The molecule has 0 bridgehead atoms. The Bertz CT molecular complexity index is 494. The van der Waals surface area contributed by atoms with E-state index in [4.69, 9.17) is 7.85 Å². The van der Waals surface area contributed by atoms with Crippen LogP contribution in [0.3, 0.4) is 0 Å². The highest BCUT2D eigenvalue weighted by Crippen LogP contribution is 3.01. The topological polar surface area (TPSA) is 0 Å². The molecule has 2 radical (unpaired) electrons. The van der Waals surface area contributed by atoms with Gasteiger partial charge in [-0.1, -0.05) is 36.2 Å². The van der Waals surface area contributed by atoms with Gasteiger partial charge in [0.2, 0.25) is 0 Å². The molecule has 0 N–H and O–H groups in total. The van der Waals surface area contributed by atoms with Gasteiger partial charge in [0.1, 0.15) is 0 Å². The highest BCUT2D eigenvalue weighted by molar-refractivity contribution is 6.17. The van der Waals surface area contributed by atoms with E-state index < -0.39 is 0 Å². The molecule has 0 nitrogen and oxygen atoms in total. The Morgan fingerprint density at radius 3 is 1.82 bits per heavy atom. The van der Waals surface area contributed by atoms with Gasteiger partial charge in [-0.2, -0.15) is 0 Å². The Morgan fingerprint density at radius 2 is 1.59 bits per heavy atom. The zero-order chi connectivity index (χ0) is 11.1. The van der Waals surface area contributed by atoms with Gasteiger partial charge in [-0.3, -0.25) is 0 Å². The smallest absolute Gasteiger partial charge is 0.0754 e. The maximum atomic E-state index is 6.69. The molecule has 0 unspecified atom stereocenters. The van der Waals surface area contributed by atoms with E-state index in [1.165, 1.54) is 57.8 Å². The zero-order valence-electron chi connectivity index (χ0n) is 10.5. The Kier molecular flexibility index (Phi) is 0.982.